The molecule has 0 spiro atoms. The molecular formula is C28H38N4O3S. The van der Waals surface area contributed by atoms with E-state index in [9.17, 15) is 14.4 Å². The Bertz CT molecular complexity index is 981. The van der Waals surface area contributed by atoms with Crippen molar-refractivity contribution in [3.8, 4) is 0 Å². The Kier molecular flexibility index (Phi) is 10.8. The Labute approximate surface area is 219 Å². The second-order valence-corrected chi connectivity index (χ2v) is 11.0. The number of hydrogen-bond donors (Lipinski definition) is 1. The summed E-state index contributed by atoms with van der Waals surface area (Å²) in [7, 11) is 2.05. The summed E-state index contributed by atoms with van der Waals surface area (Å²) in [6, 6.07) is 18.9. The van der Waals surface area contributed by atoms with Gasteiger partial charge in [0.2, 0.25) is 5.91 Å². The lowest BCUT2D eigenvalue weighted by Gasteiger charge is -2.35. The second kappa shape index (κ2) is 14.0. The van der Waals surface area contributed by atoms with E-state index in [-0.39, 0.29) is 22.3 Å². The molecule has 2 aromatic carbocycles. The van der Waals surface area contributed by atoms with E-state index in [1.54, 1.807) is 11.8 Å². The number of nitrogens with one attached hydrogen (secondary N) is 1. The molecule has 1 N–H and O–H groups in total. The van der Waals surface area contributed by atoms with Gasteiger partial charge in [-0.05, 0) is 24.6 Å². The lowest BCUT2D eigenvalue weighted by atomic mass is 10.0. The molecule has 1 fully saturated rings. The molecule has 0 bridgehead atoms. The van der Waals surface area contributed by atoms with Crippen molar-refractivity contribution in [3.05, 3.63) is 71.8 Å². The molecule has 1 aliphatic rings. The van der Waals surface area contributed by atoms with Gasteiger partial charge in [-0.25, -0.2) is 4.79 Å². The molecule has 1 aliphatic heterocycles. The van der Waals surface area contributed by atoms with Crippen LogP contribution in [0.2, 0.25) is 0 Å². The maximum atomic E-state index is 13.6. The van der Waals surface area contributed by atoms with Crippen LogP contribution in [-0.4, -0.2) is 89.4 Å². The first-order chi connectivity index (χ1) is 17.3. The number of likely N-dealkylation sites (N-methyl/N-ethyl adjacent to an activating group) is 1. The predicted molar refractivity (Wildman–Crippen MR) is 146 cm³/mol. The average Bonchev–Trinajstić information content (AvgIpc) is 2.87. The number of nitrogens with zero attached hydrogens (tertiary/aromatic N) is 3. The average molecular weight is 511 g/mol. The number of benzene rings is 2. The molecule has 3 amide bonds. The summed E-state index contributed by atoms with van der Waals surface area (Å²) >= 11 is 1.23. The number of urea groups is 1. The van der Waals surface area contributed by atoms with Crippen molar-refractivity contribution in [2.45, 2.75) is 38.0 Å². The van der Waals surface area contributed by atoms with Crippen LogP contribution >= 0.6 is 11.8 Å². The van der Waals surface area contributed by atoms with Gasteiger partial charge >= 0.3 is 6.03 Å². The molecule has 1 heterocycles. The molecule has 1 saturated heterocycles. The summed E-state index contributed by atoms with van der Waals surface area (Å²) in [6.45, 7) is 7.36. The van der Waals surface area contributed by atoms with E-state index < -0.39 is 6.04 Å². The van der Waals surface area contributed by atoms with Crippen LogP contribution in [0.1, 0.15) is 25.0 Å². The molecule has 0 radical (unpaired) electrons. The maximum absolute atomic E-state index is 13.6. The van der Waals surface area contributed by atoms with Crippen molar-refractivity contribution in [1.29, 1.82) is 0 Å². The van der Waals surface area contributed by atoms with Crippen molar-refractivity contribution in [1.82, 2.24) is 20.0 Å². The molecule has 0 saturated carbocycles. The van der Waals surface area contributed by atoms with E-state index >= 15 is 0 Å². The van der Waals surface area contributed by atoms with E-state index in [1.807, 2.05) is 72.5 Å². The molecule has 194 valence electrons. The summed E-state index contributed by atoms with van der Waals surface area (Å²) in [4.78, 5) is 44.5. The Balaban J connectivity index is 1.75. The van der Waals surface area contributed by atoms with Gasteiger partial charge < -0.3 is 20.0 Å². The molecule has 0 aliphatic carbocycles. The van der Waals surface area contributed by atoms with Gasteiger partial charge in [0, 0.05) is 57.9 Å². The second-order valence-electron chi connectivity index (χ2n) is 9.42. The maximum Gasteiger partial charge on any atom is 0.318 e. The molecule has 2 aromatic rings. The van der Waals surface area contributed by atoms with E-state index in [4.69, 9.17) is 0 Å². The number of piperazine rings is 1. The zero-order valence-electron chi connectivity index (χ0n) is 21.6. The predicted octanol–water partition coefficient (Wildman–Crippen LogP) is 3.29. The fraction of sp³-hybridized carbons (Fsp3) is 0.464. The highest BCUT2D eigenvalue weighted by atomic mass is 32.2. The molecule has 36 heavy (non-hydrogen) atoms. The normalized spacial score (nSPS) is 15.7. The van der Waals surface area contributed by atoms with Gasteiger partial charge in [-0.15, -0.1) is 0 Å². The largest absolute Gasteiger partial charge is 0.338 e. The lowest BCUT2D eigenvalue weighted by Crippen LogP contribution is -2.57. The molecule has 0 aromatic heterocycles. The molecular weight excluding hydrogens is 472 g/mol. The summed E-state index contributed by atoms with van der Waals surface area (Å²) in [5.74, 6) is -0.0468. The Morgan fingerprint density at radius 3 is 2.11 bits per heavy atom. The minimum Gasteiger partial charge on any atom is -0.338 e. The molecule has 7 nitrogen and oxygen atoms in total. The SMILES string of the molecule is CC(=O)SC(C)CN(CCc1ccccc1)C(=O)N[C@@H](Cc1ccccc1)C(=O)N1CCN(C)CC1. The van der Waals surface area contributed by atoms with Crippen molar-refractivity contribution in [3.63, 3.8) is 0 Å². The highest BCUT2D eigenvalue weighted by Crippen LogP contribution is 2.15. The van der Waals surface area contributed by atoms with E-state index in [2.05, 4.69) is 17.3 Å². The third-order valence-corrected chi connectivity index (χ3v) is 7.22. The summed E-state index contributed by atoms with van der Waals surface area (Å²) in [6.07, 6.45) is 1.13. The van der Waals surface area contributed by atoms with Crippen molar-refractivity contribution in [2.24, 2.45) is 0 Å². The van der Waals surface area contributed by atoms with Crippen LogP contribution in [0.5, 0.6) is 0 Å². The number of thioether (sulfide) groups is 1. The zero-order valence-corrected chi connectivity index (χ0v) is 22.4. The topological polar surface area (TPSA) is 73.0 Å². The third-order valence-electron chi connectivity index (χ3n) is 6.34. The smallest absolute Gasteiger partial charge is 0.318 e. The van der Waals surface area contributed by atoms with Crippen LogP contribution in [-0.2, 0) is 22.4 Å². The van der Waals surface area contributed by atoms with Crippen molar-refractivity contribution >= 4 is 28.8 Å². The minimum absolute atomic E-state index is 0.0260. The summed E-state index contributed by atoms with van der Waals surface area (Å²) in [5, 5.41) is 3.03. The first kappa shape index (κ1) is 27.7. The quantitative estimate of drug-likeness (QED) is 0.531. The number of hydrogen-bond acceptors (Lipinski definition) is 5. The Morgan fingerprint density at radius 2 is 1.53 bits per heavy atom. The van der Waals surface area contributed by atoms with Crippen LogP contribution < -0.4 is 5.32 Å². The summed E-state index contributed by atoms with van der Waals surface area (Å²) in [5.41, 5.74) is 2.14. The number of carbonyl (C=O) groups is 3. The van der Waals surface area contributed by atoms with E-state index in [0.29, 0.717) is 39.0 Å². The van der Waals surface area contributed by atoms with Crippen LogP contribution in [0, 0.1) is 0 Å². The van der Waals surface area contributed by atoms with Crippen LogP contribution in [0.15, 0.2) is 60.7 Å². The van der Waals surface area contributed by atoms with Crippen LogP contribution in [0.3, 0.4) is 0 Å². The number of rotatable bonds is 10. The molecule has 3 rings (SSSR count). The van der Waals surface area contributed by atoms with Crippen LogP contribution in [0.4, 0.5) is 4.79 Å². The van der Waals surface area contributed by atoms with Gasteiger partial charge in [-0.3, -0.25) is 9.59 Å². The van der Waals surface area contributed by atoms with E-state index in [1.165, 1.54) is 11.8 Å². The van der Waals surface area contributed by atoms with Gasteiger partial charge in [0.15, 0.2) is 5.12 Å². The first-order valence-electron chi connectivity index (χ1n) is 12.6. The standard InChI is InChI=1S/C28H38N4O3S/c1-22(36-23(2)33)21-32(15-14-24-10-6-4-7-11-24)28(35)29-26(20-25-12-8-5-9-13-25)27(34)31-18-16-30(3)17-19-31/h4-13,22,26H,14-21H2,1-3H3,(H,29,35)/t22?,26-/m0/s1. The van der Waals surface area contributed by atoms with Gasteiger partial charge in [0.1, 0.15) is 6.04 Å². The molecule has 2 atom stereocenters. The van der Waals surface area contributed by atoms with Crippen molar-refractivity contribution < 1.29 is 14.4 Å². The highest BCUT2D eigenvalue weighted by Gasteiger charge is 2.30. The van der Waals surface area contributed by atoms with E-state index in [0.717, 1.165) is 24.2 Å². The first-order valence-corrected chi connectivity index (χ1v) is 13.5. The van der Waals surface area contributed by atoms with Gasteiger partial charge in [0.25, 0.3) is 0 Å². The van der Waals surface area contributed by atoms with Gasteiger partial charge in [-0.1, -0.05) is 79.3 Å². The molecule has 1 unspecified atom stereocenters. The Hall–Kier alpha value is -2.84. The van der Waals surface area contributed by atoms with Crippen LogP contribution in [0.25, 0.3) is 0 Å². The lowest BCUT2D eigenvalue weighted by molar-refractivity contribution is -0.134. The summed E-state index contributed by atoms with van der Waals surface area (Å²) < 4.78 is 0. The zero-order chi connectivity index (χ0) is 25.9. The van der Waals surface area contributed by atoms with Crippen molar-refractivity contribution in [2.75, 3.05) is 46.3 Å². The monoisotopic (exact) mass is 510 g/mol. The third kappa shape index (κ3) is 8.99. The number of amides is 3. The fourth-order valence-corrected chi connectivity index (χ4v) is 5.17. The fourth-order valence-electron chi connectivity index (χ4n) is 4.35. The highest BCUT2D eigenvalue weighted by molar-refractivity contribution is 8.14. The molecule has 8 heteroatoms. The minimum atomic E-state index is -0.654. The van der Waals surface area contributed by atoms with Gasteiger partial charge in [0.05, 0.1) is 0 Å². The van der Waals surface area contributed by atoms with Gasteiger partial charge in [-0.2, -0.15) is 0 Å². The Morgan fingerprint density at radius 1 is 0.944 bits per heavy atom. The number of carbonyl (C=O) groups excluding carboxylic acids is 3.